The van der Waals surface area contributed by atoms with E-state index in [-0.39, 0.29) is 16.9 Å². The van der Waals surface area contributed by atoms with E-state index in [9.17, 15) is 9.90 Å². The summed E-state index contributed by atoms with van der Waals surface area (Å²) in [6, 6.07) is 0. The molecular weight excluding hydrogens is 220 g/mol. The van der Waals surface area contributed by atoms with Gasteiger partial charge in [-0.05, 0) is 37.7 Å². The zero-order chi connectivity index (χ0) is 11.9. The zero-order valence-corrected chi connectivity index (χ0v) is 10.1. The average Bonchev–Trinajstić information content (AvgIpc) is 2.22. The molecule has 0 bridgehead atoms. The monoisotopic (exact) mass is 246 g/mol. The molecule has 0 aromatic carbocycles. The van der Waals surface area contributed by atoms with Gasteiger partial charge in [0.05, 0.1) is 0 Å². The van der Waals surface area contributed by atoms with Crippen LogP contribution in [0.25, 0.3) is 0 Å². The van der Waals surface area contributed by atoms with Crippen LogP contribution in [0.4, 0.5) is 0 Å². The Balaban J connectivity index is 0. The van der Waals surface area contributed by atoms with Crippen molar-refractivity contribution in [3.8, 4) is 0 Å². The van der Waals surface area contributed by atoms with Crippen molar-refractivity contribution < 1.29 is 14.6 Å². The number of hydrogen-bond donors (Lipinski definition) is 1. The quantitative estimate of drug-likeness (QED) is 0.546. The molecule has 4 heteroatoms. The van der Waals surface area contributed by atoms with Crippen molar-refractivity contribution in [1.82, 2.24) is 0 Å². The van der Waals surface area contributed by atoms with Crippen molar-refractivity contribution >= 4 is 16.9 Å². The van der Waals surface area contributed by atoms with Gasteiger partial charge < -0.3 is 9.84 Å². The van der Waals surface area contributed by atoms with Gasteiger partial charge in [-0.3, -0.25) is 0 Å². The molecule has 1 N–H and O–H groups in total. The Morgan fingerprint density at radius 3 is 2.25 bits per heavy atom. The summed E-state index contributed by atoms with van der Waals surface area (Å²) in [6.45, 7) is 7.99. The highest BCUT2D eigenvalue weighted by Gasteiger charge is 2.43. The smallest absolute Gasteiger partial charge is 0.336 e. The van der Waals surface area contributed by atoms with Crippen LogP contribution in [0.15, 0.2) is 12.2 Å². The molecule has 0 amide bonds. The van der Waals surface area contributed by atoms with E-state index in [1.54, 1.807) is 0 Å². The number of ether oxygens (including phenoxy) is 1. The molecule has 0 spiro atoms. The highest BCUT2D eigenvalue weighted by molar-refractivity contribution is 5.78. The number of hydrogen-bond acceptors (Lipinski definition) is 2. The Kier molecular flexibility index (Phi) is 9.47. The molecule has 0 aromatic rings. The van der Waals surface area contributed by atoms with Gasteiger partial charge in [-0.2, -0.15) is 0 Å². The Morgan fingerprint density at radius 2 is 2.00 bits per heavy atom. The van der Waals surface area contributed by atoms with Crippen molar-refractivity contribution in [3.63, 3.8) is 0 Å². The third-order valence-corrected chi connectivity index (χ3v) is 2.75. The standard InChI is InChI=1S/C12H22O3.H4Si/c1-5-9-10(6-2)12(7-3,11(13)14)15-8-4;/h5,9-10H,6-8H2,1-4H3,(H,13,14);1H4. The second kappa shape index (κ2) is 8.53. The third kappa shape index (κ3) is 3.76. The number of carboxylic acid groups (broad SMARTS) is 1. The van der Waals surface area contributed by atoms with E-state index in [1.165, 1.54) is 0 Å². The first kappa shape index (κ1) is 17.8. The van der Waals surface area contributed by atoms with Crippen molar-refractivity contribution in [2.24, 2.45) is 5.92 Å². The molecule has 0 saturated heterocycles. The minimum Gasteiger partial charge on any atom is -0.479 e. The first-order chi connectivity index (χ1) is 7.08. The van der Waals surface area contributed by atoms with Crippen LogP contribution in [0.5, 0.6) is 0 Å². The van der Waals surface area contributed by atoms with Crippen LogP contribution in [-0.4, -0.2) is 34.2 Å². The minimum atomic E-state index is -1.06. The van der Waals surface area contributed by atoms with E-state index in [0.29, 0.717) is 13.0 Å². The summed E-state index contributed by atoms with van der Waals surface area (Å²) in [5.74, 6) is -0.929. The minimum absolute atomic E-state index is 0. The Morgan fingerprint density at radius 1 is 1.44 bits per heavy atom. The number of rotatable bonds is 7. The van der Waals surface area contributed by atoms with E-state index in [0.717, 1.165) is 6.42 Å². The molecular formula is C12H26O3Si. The maximum atomic E-state index is 11.4. The summed E-state index contributed by atoms with van der Waals surface area (Å²) in [5, 5.41) is 9.32. The summed E-state index contributed by atoms with van der Waals surface area (Å²) in [5.41, 5.74) is -1.06. The lowest BCUT2D eigenvalue weighted by molar-refractivity contribution is -0.172. The highest BCUT2D eigenvalue weighted by atomic mass is 28.1. The molecule has 0 saturated carbocycles. The molecule has 0 fully saturated rings. The van der Waals surface area contributed by atoms with Crippen LogP contribution in [0.2, 0.25) is 0 Å². The highest BCUT2D eigenvalue weighted by Crippen LogP contribution is 2.30. The van der Waals surface area contributed by atoms with Gasteiger partial charge in [-0.25, -0.2) is 4.79 Å². The lowest BCUT2D eigenvalue weighted by Gasteiger charge is -2.34. The first-order valence-corrected chi connectivity index (χ1v) is 5.59. The molecule has 2 atom stereocenters. The average molecular weight is 246 g/mol. The molecule has 96 valence electrons. The number of carboxylic acids is 1. The van der Waals surface area contributed by atoms with Gasteiger partial charge >= 0.3 is 5.97 Å². The molecule has 0 radical (unpaired) electrons. The topological polar surface area (TPSA) is 46.5 Å². The molecule has 0 aliphatic heterocycles. The second-order valence-electron chi connectivity index (χ2n) is 3.52. The SMILES string of the molecule is CC=CC(CC)C(CC)(OCC)C(=O)O.[SiH4]. The fourth-order valence-corrected chi connectivity index (χ4v) is 1.95. The molecule has 0 aliphatic rings. The van der Waals surface area contributed by atoms with Gasteiger partial charge in [-0.1, -0.05) is 26.0 Å². The third-order valence-electron chi connectivity index (χ3n) is 2.75. The van der Waals surface area contributed by atoms with Crippen LogP contribution in [0.3, 0.4) is 0 Å². The molecule has 0 heterocycles. The van der Waals surface area contributed by atoms with Gasteiger partial charge in [0, 0.05) is 12.5 Å². The Labute approximate surface area is 103 Å². The number of allylic oxidation sites excluding steroid dienone is 1. The molecule has 0 rings (SSSR count). The van der Waals surface area contributed by atoms with Gasteiger partial charge in [0.1, 0.15) is 0 Å². The van der Waals surface area contributed by atoms with E-state index in [1.807, 2.05) is 39.8 Å². The van der Waals surface area contributed by atoms with Crippen molar-refractivity contribution in [2.45, 2.75) is 46.1 Å². The van der Waals surface area contributed by atoms with Gasteiger partial charge in [-0.15, -0.1) is 0 Å². The largest absolute Gasteiger partial charge is 0.479 e. The van der Waals surface area contributed by atoms with Crippen LogP contribution >= 0.6 is 0 Å². The van der Waals surface area contributed by atoms with Gasteiger partial charge in [0.15, 0.2) is 5.60 Å². The van der Waals surface area contributed by atoms with Crippen LogP contribution in [-0.2, 0) is 9.53 Å². The van der Waals surface area contributed by atoms with Gasteiger partial charge in [0.25, 0.3) is 0 Å². The second-order valence-corrected chi connectivity index (χ2v) is 3.52. The first-order valence-electron chi connectivity index (χ1n) is 5.59. The van der Waals surface area contributed by atoms with E-state index >= 15 is 0 Å². The van der Waals surface area contributed by atoms with Crippen molar-refractivity contribution in [1.29, 1.82) is 0 Å². The van der Waals surface area contributed by atoms with Crippen LogP contribution in [0, 0.1) is 5.92 Å². The summed E-state index contributed by atoms with van der Waals surface area (Å²) in [7, 11) is 0. The molecule has 0 aliphatic carbocycles. The van der Waals surface area contributed by atoms with Crippen molar-refractivity contribution in [3.05, 3.63) is 12.2 Å². The van der Waals surface area contributed by atoms with Gasteiger partial charge in [0.2, 0.25) is 0 Å². The predicted octanol–water partition coefficient (Wildman–Crippen LogP) is 1.41. The van der Waals surface area contributed by atoms with E-state index < -0.39 is 11.6 Å². The van der Waals surface area contributed by atoms with Crippen LogP contribution in [0.1, 0.15) is 40.5 Å². The lowest BCUT2D eigenvalue weighted by atomic mass is 9.82. The number of aliphatic carboxylic acids is 1. The summed E-state index contributed by atoms with van der Waals surface area (Å²) >= 11 is 0. The van der Waals surface area contributed by atoms with E-state index in [2.05, 4.69) is 0 Å². The normalized spacial score (nSPS) is 16.5. The molecule has 3 nitrogen and oxygen atoms in total. The maximum Gasteiger partial charge on any atom is 0.336 e. The Bertz CT molecular complexity index is 228. The maximum absolute atomic E-state index is 11.4. The summed E-state index contributed by atoms with van der Waals surface area (Å²) in [4.78, 5) is 11.4. The fraction of sp³-hybridized carbons (Fsp3) is 0.750. The number of carbonyl (C=O) groups is 1. The predicted molar refractivity (Wildman–Crippen MR) is 72.2 cm³/mol. The molecule has 16 heavy (non-hydrogen) atoms. The zero-order valence-electron chi connectivity index (χ0n) is 10.1. The Hall–Kier alpha value is -0.613. The van der Waals surface area contributed by atoms with Crippen LogP contribution < -0.4 is 0 Å². The lowest BCUT2D eigenvalue weighted by Crippen LogP contribution is -2.47. The van der Waals surface area contributed by atoms with Crippen molar-refractivity contribution in [2.75, 3.05) is 6.61 Å². The van der Waals surface area contributed by atoms with E-state index in [4.69, 9.17) is 4.74 Å². The summed E-state index contributed by atoms with van der Waals surface area (Å²) in [6.07, 6.45) is 5.07. The summed E-state index contributed by atoms with van der Waals surface area (Å²) < 4.78 is 5.50. The molecule has 0 aromatic heterocycles. The molecule has 2 unspecified atom stereocenters. The fourth-order valence-electron chi connectivity index (χ4n) is 1.95.